The minimum absolute atomic E-state index is 0. The van der Waals surface area contributed by atoms with Gasteiger partial charge in [0.1, 0.15) is 11.6 Å². The minimum atomic E-state index is -0.352. The Bertz CT molecular complexity index is 800. The van der Waals surface area contributed by atoms with Crippen LogP contribution in [0.4, 0.5) is 14.5 Å². The van der Waals surface area contributed by atoms with Crippen molar-refractivity contribution in [3.05, 3.63) is 65.7 Å². The molecule has 0 aromatic heterocycles. The van der Waals surface area contributed by atoms with Gasteiger partial charge in [-0.15, -0.1) is 12.4 Å². The minimum Gasteiger partial charge on any atom is -0.306 e. The molecule has 3 rings (SSSR count). The molecule has 0 spiro atoms. The van der Waals surface area contributed by atoms with E-state index in [0.717, 1.165) is 38.0 Å². The number of hydrogen-bond acceptors (Lipinski definition) is 2. The average molecular weight is 423 g/mol. The Morgan fingerprint density at radius 3 is 2.45 bits per heavy atom. The summed E-state index contributed by atoms with van der Waals surface area (Å²) in [5.41, 5.74) is 1.50. The fraction of sp³-hybridized carbons (Fsp3) is 0.435. The van der Waals surface area contributed by atoms with Gasteiger partial charge in [-0.2, -0.15) is 0 Å². The lowest BCUT2D eigenvalue weighted by Gasteiger charge is -2.42. The zero-order valence-corrected chi connectivity index (χ0v) is 17.8. The van der Waals surface area contributed by atoms with Gasteiger partial charge in [0, 0.05) is 32.1 Å². The smallest absolute Gasteiger partial charge is 0.227 e. The molecule has 3 nitrogen and oxygen atoms in total. The molecule has 2 aromatic rings. The lowest BCUT2D eigenvalue weighted by molar-refractivity contribution is -0.119. The molecule has 0 aliphatic carbocycles. The highest BCUT2D eigenvalue weighted by Gasteiger charge is 2.34. The highest BCUT2D eigenvalue weighted by atomic mass is 35.5. The Hall–Kier alpha value is -1.98. The Balaban J connectivity index is 0.00000300. The van der Waals surface area contributed by atoms with E-state index in [2.05, 4.69) is 11.8 Å². The fourth-order valence-corrected chi connectivity index (χ4v) is 4.06. The van der Waals surface area contributed by atoms with Crippen molar-refractivity contribution in [3.63, 3.8) is 0 Å². The van der Waals surface area contributed by atoms with E-state index >= 15 is 0 Å². The number of hydrogen-bond donors (Lipinski definition) is 0. The molecule has 2 atom stereocenters. The van der Waals surface area contributed by atoms with Crippen LogP contribution in [0, 0.1) is 17.6 Å². The van der Waals surface area contributed by atoms with E-state index in [1.807, 2.05) is 19.1 Å². The Labute approximate surface area is 178 Å². The third kappa shape index (κ3) is 5.77. The molecule has 0 radical (unpaired) electrons. The normalized spacial score (nSPS) is 19.4. The van der Waals surface area contributed by atoms with Crippen LogP contribution in [0.2, 0.25) is 0 Å². The lowest BCUT2D eigenvalue weighted by atomic mass is 9.91. The van der Waals surface area contributed by atoms with Crippen molar-refractivity contribution in [1.29, 1.82) is 0 Å². The second-order valence-corrected chi connectivity index (χ2v) is 7.58. The van der Waals surface area contributed by atoms with Crippen LogP contribution in [0.3, 0.4) is 0 Å². The van der Waals surface area contributed by atoms with Crippen molar-refractivity contribution in [2.24, 2.45) is 5.92 Å². The van der Waals surface area contributed by atoms with Gasteiger partial charge in [-0.1, -0.05) is 38.1 Å². The van der Waals surface area contributed by atoms with Crippen molar-refractivity contribution in [2.45, 2.75) is 39.2 Å². The largest absolute Gasteiger partial charge is 0.306 e. The number of piperidine rings is 1. The van der Waals surface area contributed by atoms with E-state index in [4.69, 9.17) is 0 Å². The standard InChI is InChI=1S/C23H28F2N2O.ClH/c1-3-23(28)27(22-7-5-4-6-20(22)25)21-13-15-26(16-17(21)2)14-12-18-8-10-19(24)11-9-18;/h4-11,17,21H,3,12-16H2,1-2H3;1H/t17-,21+;/m0./s1. The van der Waals surface area contributed by atoms with Crippen LogP contribution in [-0.4, -0.2) is 36.5 Å². The molecule has 2 aromatic carbocycles. The van der Waals surface area contributed by atoms with Crippen LogP contribution in [0.25, 0.3) is 0 Å². The maximum atomic E-state index is 14.4. The summed E-state index contributed by atoms with van der Waals surface area (Å²) >= 11 is 0. The van der Waals surface area contributed by atoms with Crippen molar-refractivity contribution in [3.8, 4) is 0 Å². The van der Waals surface area contributed by atoms with Crippen molar-refractivity contribution in [1.82, 2.24) is 4.90 Å². The third-order valence-corrected chi connectivity index (χ3v) is 5.59. The van der Waals surface area contributed by atoms with Crippen LogP contribution in [0.15, 0.2) is 48.5 Å². The van der Waals surface area contributed by atoms with E-state index < -0.39 is 0 Å². The van der Waals surface area contributed by atoms with Gasteiger partial charge >= 0.3 is 0 Å². The number of para-hydroxylation sites is 1. The number of anilines is 1. The predicted octanol–water partition coefficient (Wildman–Crippen LogP) is 5.08. The summed E-state index contributed by atoms with van der Waals surface area (Å²) in [6, 6.07) is 13.2. The summed E-state index contributed by atoms with van der Waals surface area (Å²) in [5, 5.41) is 0. The number of carbonyl (C=O) groups excluding carboxylic acids is 1. The summed E-state index contributed by atoms with van der Waals surface area (Å²) < 4.78 is 27.4. The highest BCUT2D eigenvalue weighted by molar-refractivity contribution is 5.94. The molecule has 0 unspecified atom stereocenters. The number of nitrogens with zero attached hydrogens (tertiary/aromatic N) is 2. The summed E-state index contributed by atoms with van der Waals surface area (Å²) in [6.07, 6.45) is 2.03. The first kappa shape index (κ1) is 23.3. The SMILES string of the molecule is CCC(=O)N(c1ccccc1F)[C@@H]1CCN(CCc2ccc(F)cc2)C[C@@H]1C.Cl. The Morgan fingerprint density at radius 1 is 1.14 bits per heavy atom. The molecule has 6 heteroatoms. The van der Waals surface area contributed by atoms with Crippen LogP contribution >= 0.6 is 12.4 Å². The van der Waals surface area contributed by atoms with E-state index in [9.17, 15) is 13.6 Å². The van der Waals surface area contributed by atoms with E-state index in [1.165, 1.54) is 18.2 Å². The van der Waals surface area contributed by atoms with Crippen LogP contribution in [0.5, 0.6) is 0 Å². The Morgan fingerprint density at radius 2 is 1.83 bits per heavy atom. The molecule has 1 amide bonds. The molecule has 158 valence electrons. The molecular formula is C23H29ClF2N2O. The first-order valence-electron chi connectivity index (χ1n) is 10.0. The molecule has 1 fully saturated rings. The average Bonchev–Trinajstić information content (AvgIpc) is 2.70. The quantitative estimate of drug-likeness (QED) is 0.647. The summed E-state index contributed by atoms with van der Waals surface area (Å²) in [7, 11) is 0. The zero-order chi connectivity index (χ0) is 20.1. The van der Waals surface area contributed by atoms with Crippen LogP contribution in [-0.2, 0) is 11.2 Å². The molecule has 0 saturated carbocycles. The first-order valence-corrected chi connectivity index (χ1v) is 10.0. The number of benzene rings is 2. The molecule has 0 bridgehead atoms. The molecule has 1 heterocycles. The summed E-state index contributed by atoms with van der Waals surface area (Å²) in [6.45, 7) is 6.56. The fourth-order valence-electron chi connectivity index (χ4n) is 4.06. The van der Waals surface area contributed by atoms with Gasteiger partial charge in [-0.25, -0.2) is 8.78 Å². The zero-order valence-electron chi connectivity index (χ0n) is 17.0. The number of carbonyl (C=O) groups is 1. The van der Waals surface area contributed by atoms with Crippen LogP contribution in [0.1, 0.15) is 32.3 Å². The first-order chi connectivity index (χ1) is 13.5. The monoisotopic (exact) mass is 422 g/mol. The van der Waals surface area contributed by atoms with E-state index in [1.54, 1.807) is 23.1 Å². The molecule has 0 N–H and O–H groups in total. The van der Waals surface area contributed by atoms with E-state index in [-0.39, 0.29) is 41.9 Å². The van der Waals surface area contributed by atoms with Gasteiger partial charge in [-0.3, -0.25) is 4.79 Å². The van der Waals surface area contributed by atoms with Gasteiger partial charge < -0.3 is 9.80 Å². The highest BCUT2D eigenvalue weighted by Crippen LogP contribution is 2.30. The topological polar surface area (TPSA) is 23.6 Å². The molecule has 1 saturated heterocycles. The molecule has 1 aliphatic rings. The van der Waals surface area contributed by atoms with Crippen molar-refractivity contribution >= 4 is 24.0 Å². The summed E-state index contributed by atoms with van der Waals surface area (Å²) in [4.78, 5) is 16.7. The van der Waals surface area contributed by atoms with Crippen molar-refractivity contribution < 1.29 is 13.6 Å². The van der Waals surface area contributed by atoms with Gasteiger partial charge in [-0.05, 0) is 48.6 Å². The summed E-state index contributed by atoms with van der Waals surface area (Å²) in [5.74, 6) is -0.374. The number of likely N-dealkylation sites (tertiary alicyclic amines) is 1. The second-order valence-electron chi connectivity index (χ2n) is 7.58. The molecule has 29 heavy (non-hydrogen) atoms. The van der Waals surface area contributed by atoms with Crippen molar-refractivity contribution in [2.75, 3.05) is 24.5 Å². The number of halogens is 3. The third-order valence-electron chi connectivity index (χ3n) is 5.59. The molecule has 1 aliphatic heterocycles. The van der Waals surface area contributed by atoms with E-state index in [0.29, 0.717) is 12.1 Å². The number of rotatable bonds is 6. The van der Waals surface area contributed by atoms with Gasteiger partial charge in [0.15, 0.2) is 0 Å². The second kappa shape index (κ2) is 10.7. The Kier molecular flexibility index (Phi) is 8.60. The predicted molar refractivity (Wildman–Crippen MR) is 116 cm³/mol. The van der Waals surface area contributed by atoms with Crippen LogP contribution < -0.4 is 4.90 Å². The maximum absolute atomic E-state index is 14.4. The molecular weight excluding hydrogens is 394 g/mol. The number of amides is 1. The van der Waals surface area contributed by atoms with Gasteiger partial charge in [0.05, 0.1) is 5.69 Å². The lowest BCUT2D eigenvalue weighted by Crippen LogP contribution is -2.52. The van der Waals surface area contributed by atoms with Gasteiger partial charge in [0.2, 0.25) is 5.91 Å². The maximum Gasteiger partial charge on any atom is 0.227 e. The van der Waals surface area contributed by atoms with Gasteiger partial charge in [0.25, 0.3) is 0 Å².